The van der Waals surface area contributed by atoms with Crippen LogP contribution in [0.5, 0.6) is 0 Å². The molecule has 0 spiro atoms. The lowest BCUT2D eigenvalue weighted by Gasteiger charge is -2.09. The van der Waals surface area contributed by atoms with Gasteiger partial charge in [-0.2, -0.15) is 0 Å². The first-order valence-electron chi connectivity index (χ1n) is 5.80. The molecule has 2 aromatic rings. The molecule has 0 amide bonds. The monoisotopic (exact) mass is 345 g/mol. The second-order valence-corrected chi connectivity index (χ2v) is 7.12. The normalized spacial score (nSPS) is 11.2. The van der Waals surface area contributed by atoms with E-state index >= 15 is 0 Å². The molecule has 0 radical (unpaired) electrons. The Hall–Kier alpha value is -1.57. The van der Waals surface area contributed by atoms with Crippen molar-refractivity contribution in [2.75, 3.05) is 11.8 Å². The van der Waals surface area contributed by atoms with Gasteiger partial charge >= 0.3 is 5.97 Å². The number of esters is 1. The highest BCUT2D eigenvalue weighted by Crippen LogP contribution is 2.29. The molecule has 0 saturated carbocycles. The fraction of sp³-hybridized carbons (Fsp3) is 0.154. The van der Waals surface area contributed by atoms with E-state index in [1.807, 2.05) is 0 Å². The van der Waals surface area contributed by atoms with Crippen molar-refractivity contribution in [1.29, 1.82) is 0 Å². The number of rotatable bonds is 4. The molecule has 5 nitrogen and oxygen atoms in total. The lowest BCUT2D eigenvalue weighted by atomic mass is 10.3. The molecule has 0 aliphatic carbocycles. The molecular weight excluding hydrogens is 334 g/mol. The topological polar surface area (TPSA) is 72.5 Å². The van der Waals surface area contributed by atoms with Crippen LogP contribution < -0.4 is 4.72 Å². The van der Waals surface area contributed by atoms with Gasteiger partial charge in [0.1, 0.15) is 9.77 Å². The Morgan fingerprint density at radius 3 is 2.71 bits per heavy atom. The van der Waals surface area contributed by atoms with Crippen molar-refractivity contribution < 1.29 is 17.9 Å². The highest BCUT2D eigenvalue weighted by Gasteiger charge is 2.27. The number of aryl methyl sites for hydroxylation is 1. The third-order valence-corrected chi connectivity index (χ3v) is 5.64. The number of carbonyl (C=O) groups excluding carboxylic acids is 1. The molecule has 0 atom stereocenters. The van der Waals surface area contributed by atoms with Crippen LogP contribution in [0.15, 0.2) is 34.5 Å². The molecule has 0 aliphatic heterocycles. The van der Waals surface area contributed by atoms with E-state index in [-0.39, 0.29) is 9.77 Å². The van der Waals surface area contributed by atoms with Gasteiger partial charge in [0.25, 0.3) is 10.0 Å². The molecule has 1 aromatic carbocycles. The van der Waals surface area contributed by atoms with E-state index in [1.165, 1.54) is 13.2 Å². The summed E-state index contributed by atoms with van der Waals surface area (Å²) in [4.78, 5) is 11.7. The van der Waals surface area contributed by atoms with Crippen molar-refractivity contribution in [2.24, 2.45) is 0 Å². The summed E-state index contributed by atoms with van der Waals surface area (Å²) < 4.78 is 32.0. The summed E-state index contributed by atoms with van der Waals surface area (Å²) in [6.45, 7) is 1.62. The van der Waals surface area contributed by atoms with Crippen LogP contribution in [0.4, 0.5) is 5.69 Å². The molecule has 112 valence electrons. The standard InChI is InChI=1S/C13H12ClNO4S2/c1-8-7-20-11(13(16)19-2)12(8)21(17,18)15-10-5-3-4-9(14)6-10/h3-7,15H,1-2H3. The summed E-state index contributed by atoms with van der Waals surface area (Å²) in [5.41, 5.74) is 0.804. The molecular formula is C13H12ClNO4S2. The summed E-state index contributed by atoms with van der Waals surface area (Å²) >= 11 is 6.86. The van der Waals surface area contributed by atoms with E-state index in [1.54, 1.807) is 30.5 Å². The van der Waals surface area contributed by atoms with Gasteiger partial charge in [-0.15, -0.1) is 11.3 Å². The van der Waals surface area contributed by atoms with Gasteiger partial charge in [-0.05, 0) is 36.1 Å². The van der Waals surface area contributed by atoms with E-state index in [4.69, 9.17) is 11.6 Å². The number of nitrogens with one attached hydrogen (secondary N) is 1. The molecule has 2 rings (SSSR count). The number of carbonyl (C=O) groups is 1. The number of anilines is 1. The Labute approximate surface area is 131 Å². The Morgan fingerprint density at radius 1 is 1.38 bits per heavy atom. The van der Waals surface area contributed by atoms with Crippen molar-refractivity contribution in [3.63, 3.8) is 0 Å². The van der Waals surface area contributed by atoms with Crippen molar-refractivity contribution in [3.05, 3.63) is 45.1 Å². The quantitative estimate of drug-likeness (QED) is 0.863. The zero-order chi connectivity index (χ0) is 15.6. The first-order valence-corrected chi connectivity index (χ1v) is 8.54. The van der Waals surface area contributed by atoms with E-state index in [2.05, 4.69) is 9.46 Å². The molecule has 0 aliphatic rings. The Kier molecular flexibility index (Phi) is 4.55. The molecule has 0 unspecified atom stereocenters. The van der Waals surface area contributed by atoms with Gasteiger partial charge in [0, 0.05) is 5.02 Å². The SMILES string of the molecule is COC(=O)c1scc(C)c1S(=O)(=O)Nc1cccc(Cl)c1. The number of hydrogen-bond acceptors (Lipinski definition) is 5. The van der Waals surface area contributed by atoms with E-state index in [9.17, 15) is 13.2 Å². The predicted octanol–water partition coefficient (Wildman–Crippen LogP) is 3.30. The van der Waals surface area contributed by atoms with E-state index in [0.29, 0.717) is 16.3 Å². The van der Waals surface area contributed by atoms with E-state index < -0.39 is 16.0 Å². The maximum atomic E-state index is 12.5. The first kappa shape index (κ1) is 15.8. The Balaban J connectivity index is 2.45. The molecule has 0 fully saturated rings. The molecule has 1 N–H and O–H groups in total. The lowest BCUT2D eigenvalue weighted by Crippen LogP contribution is -2.16. The van der Waals surface area contributed by atoms with E-state index in [0.717, 1.165) is 11.3 Å². The lowest BCUT2D eigenvalue weighted by molar-refractivity contribution is 0.0602. The molecule has 0 bridgehead atoms. The second-order valence-electron chi connectivity index (χ2n) is 4.18. The fourth-order valence-electron chi connectivity index (χ4n) is 1.76. The van der Waals surface area contributed by atoms with Gasteiger partial charge in [-0.25, -0.2) is 13.2 Å². The van der Waals surface area contributed by atoms with Crippen molar-refractivity contribution in [2.45, 2.75) is 11.8 Å². The van der Waals surface area contributed by atoms with Gasteiger partial charge in [0.05, 0.1) is 12.8 Å². The van der Waals surface area contributed by atoms with Crippen LogP contribution in [0.25, 0.3) is 0 Å². The van der Waals surface area contributed by atoms with Crippen LogP contribution in [-0.2, 0) is 14.8 Å². The molecule has 0 saturated heterocycles. The van der Waals surface area contributed by atoms with Crippen LogP contribution >= 0.6 is 22.9 Å². The first-order chi connectivity index (χ1) is 9.85. The summed E-state index contributed by atoms with van der Waals surface area (Å²) in [5, 5.41) is 2.00. The number of hydrogen-bond donors (Lipinski definition) is 1. The van der Waals surface area contributed by atoms with Crippen LogP contribution in [-0.4, -0.2) is 21.5 Å². The number of sulfonamides is 1. The maximum absolute atomic E-state index is 12.5. The second kappa shape index (κ2) is 6.05. The summed E-state index contributed by atoms with van der Waals surface area (Å²) in [7, 11) is -2.70. The summed E-state index contributed by atoms with van der Waals surface area (Å²) in [5.74, 6) is -0.681. The average molecular weight is 346 g/mol. The number of benzene rings is 1. The summed E-state index contributed by atoms with van der Waals surface area (Å²) in [6.07, 6.45) is 0. The van der Waals surface area contributed by atoms with Crippen molar-refractivity contribution in [1.82, 2.24) is 0 Å². The molecule has 1 aromatic heterocycles. The van der Waals surface area contributed by atoms with Crippen molar-refractivity contribution >= 4 is 44.6 Å². The van der Waals surface area contributed by atoms with Crippen molar-refractivity contribution in [3.8, 4) is 0 Å². The highest BCUT2D eigenvalue weighted by molar-refractivity contribution is 7.93. The molecule has 8 heteroatoms. The number of halogens is 1. The number of thiophene rings is 1. The van der Waals surface area contributed by atoms with Crippen LogP contribution in [0.2, 0.25) is 5.02 Å². The Morgan fingerprint density at radius 2 is 2.10 bits per heavy atom. The third-order valence-electron chi connectivity index (χ3n) is 2.63. The Bertz CT molecular complexity index is 783. The molecule has 1 heterocycles. The zero-order valence-electron chi connectivity index (χ0n) is 11.2. The molecule has 21 heavy (non-hydrogen) atoms. The zero-order valence-corrected chi connectivity index (χ0v) is 13.6. The third kappa shape index (κ3) is 3.37. The van der Waals surface area contributed by atoms with Crippen LogP contribution in [0.3, 0.4) is 0 Å². The van der Waals surface area contributed by atoms with Gasteiger partial charge in [-0.3, -0.25) is 4.72 Å². The average Bonchev–Trinajstić information content (AvgIpc) is 2.80. The minimum Gasteiger partial charge on any atom is -0.465 e. The van der Waals surface area contributed by atoms with Crippen LogP contribution in [0, 0.1) is 6.92 Å². The largest absolute Gasteiger partial charge is 0.465 e. The van der Waals surface area contributed by atoms with Gasteiger partial charge < -0.3 is 4.74 Å². The predicted molar refractivity (Wildman–Crippen MR) is 82.7 cm³/mol. The fourth-order valence-corrected chi connectivity index (χ4v) is 4.71. The van der Waals surface area contributed by atoms with Gasteiger partial charge in [0.2, 0.25) is 0 Å². The smallest absolute Gasteiger partial charge is 0.349 e. The minimum atomic E-state index is -3.90. The number of methoxy groups -OCH3 is 1. The number of ether oxygens (including phenoxy) is 1. The van der Waals surface area contributed by atoms with Gasteiger partial charge in [-0.1, -0.05) is 17.7 Å². The highest BCUT2D eigenvalue weighted by atomic mass is 35.5. The van der Waals surface area contributed by atoms with Gasteiger partial charge in [0.15, 0.2) is 0 Å². The van der Waals surface area contributed by atoms with Crippen LogP contribution in [0.1, 0.15) is 15.2 Å². The minimum absolute atomic E-state index is 0.0459. The summed E-state index contributed by atoms with van der Waals surface area (Å²) in [6, 6.07) is 6.32. The maximum Gasteiger partial charge on any atom is 0.349 e.